The summed E-state index contributed by atoms with van der Waals surface area (Å²) in [6.07, 6.45) is 0. The highest BCUT2D eigenvalue weighted by atomic mass is 16.5. The van der Waals surface area contributed by atoms with Crippen molar-refractivity contribution in [2.75, 3.05) is 13.7 Å². The molecule has 67 valence electrons. The Morgan fingerprint density at radius 2 is 1.85 bits per heavy atom. The number of hydrogen-bond acceptors (Lipinski definition) is 3. The second-order valence-corrected chi connectivity index (χ2v) is 2.80. The van der Waals surface area contributed by atoms with Crippen LogP contribution in [0.3, 0.4) is 0 Å². The number of fused-ring (bicyclic) bond motifs is 1. The second kappa shape index (κ2) is 2.90. The lowest BCUT2D eigenvalue weighted by molar-refractivity contribution is -0.0598. The number of nitrogens with zero attached hydrogens (tertiary/aromatic N) is 2. The van der Waals surface area contributed by atoms with Crippen molar-refractivity contribution in [2.45, 2.75) is 5.85 Å². The molecule has 0 amide bonds. The van der Waals surface area contributed by atoms with E-state index < -0.39 is 12.5 Å². The Kier molecular flexibility index (Phi) is 1.86. The number of rotatable bonds is 2. The van der Waals surface area contributed by atoms with Gasteiger partial charge in [-0.15, -0.1) is 0 Å². The van der Waals surface area contributed by atoms with Crippen molar-refractivity contribution < 1.29 is 9.84 Å². The van der Waals surface area contributed by atoms with E-state index in [1.54, 1.807) is 0 Å². The number of ether oxygens (including phenoxy) is 1. The molecule has 0 atom stereocenters. The van der Waals surface area contributed by atoms with Gasteiger partial charge in [-0.3, -0.25) is 0 Å². The molecule has 0 fully saturated rings. The van der Waals surface area contributed by atoms with E-state index in [1.165, 1.54) is 7.11 Å². The van der Waals surface area contributed by atoms with Crippen molar-refractivity contribution in [2.24, 2.45) is 9.98 Å². The van der Waals surface area contributed by atoms with Gasteiger partial charge < -0.3 is 4.74 Å². The molecule has 2 rings (SSSR count). The zero-order valence-corrected chi connectivity index (χ0v) is 7.23. The minimum atomic E-state index is -1.22. The molecule has 0 aliphatic carbocycles. The van der Waals surface area contributed by atoms with Crippen LogP contribution >= 0.6 is 0 Å². The summed E-state index contributed by atoms with van der Waals surface area (Å²) in [6, 6.07) is 7.34. The number of para-hydroxylation sites is 2. The van der Waals surface area contributed by atoms with Crippen LogP contribution in [-0.4, -0.2) is 19.6 Å². The fraction of sp³-hybridized carbons (Fsp3) is 0.333. The summed E-state index contributed by atoms with van der Waals surface area (Å²) in [7, 11) is 1.44. The molecule has 1 heterocycles. The van der Waals surface area contributed by atoms with E-state index in [1.807, 2.05) is 24.3 Å². The first kappa shape index (κ1) is 8.34. The standard InChI is InChI=1S/C9H9N2O2/c1-13-9(6-12)10-7-4-2-3-5-8(7)11-9/h2-5H,6H2,1H3. The third-order valence-electron chi connectivity index (χ3n) is 1.99. The van der Waals surface area contributed by atoms with Crippen LogP contribution in [0.1, 0.15) is 0 Å². The van der Waals surface area contributed by atoms with Crippen molar-refractivity contribution in [3.8, 4) is 0 Å². The van der Waals surface area contributed by atoms with Gasteiger partial charge in [0, 0.05) is 7.11 Å². The van der Waals surface area contributed by atoms with Gasteiger partial charge in [0.05, 0.1) is 10.7 Å². The average Bonchev–Trinajstić information content (AvgIpc) is 2.57. The van der Waals surface area contributed by atoms with Crippen molar-refractivity contribution in [3.63, 3.8) is 0 Å². The predicted molar refractivity (Wildman–Crippen MR) is 44.0 cm³/mol. The lowest BCUT2D eigenvalue weighted by Gasteiger charge is -2.15. The van der Waals surface area contributed by atoms with Crippen LogP contribution in [0.25, 0.3) is 0 Å². The van der Waals surface area contributed by atoms with E-state index in [9.17, 15) is 5.11 Å². The number of hydrogen-bond donors (Lipinski definition) is 0. The van der Waals surface area contributed by atoms with E-state index in [-0.39, 0.29) is 0 Å². The normalized spacial score (nSPS) is 17.4. The highest BCUT2D eigenvalue weighted by molar-refractivity contribution is 5.05. The molecule has 1 aromatic rings. The summed E-state index contributed by atoms with van der Waals surface area (Å²) < 4.78 is 4.98. The quantitative estimate of drug-likeness (QED) is 0.610. The molecular formula is C9H9N2O2. The van der Waals surface area contributed by atoms with Gasteiger partial charge in [-0.05, 0) is 12.1 Å². The van der Waals surface area contributed by atoms with E-state index >= 15 is 0 Å². The molecule has 1 aromatic carbocycles. The van der Waals surface area contributed by atoms with Crippen molar-refractivity contribution in [1.82, 2.24) is 0 Å². The molecule has 4 nitrogen and oxygen atoms in total. The largest absolute Gasteiger partial charge is 0.337 e. The second-order valence-electron chi connectivity index (χ2n) is 2.80. The van der Waals surface area contributed by atoms with E-state index in [0.717, 1.165) is 10.7 Å². The van der Waals surface area contributed by atoms with Gasteiger partial charge in [0.1, 0.15) is 0 Å². The van der Waals surface area contributed by atoms with Gasteiger partial charge >= 0.3 is 0 Å². The van der Waals surface area contributed by atoms with Crippen molar-refractivity contribution in [1.29, 1.82) is 0 Å². The van der Waals surface area contributed by atoms with Crippen LogP contribution in [0.15, 0.2) is 34.3 Å². The summed E-state index contributed by atoms with van der Waals surface area (Å²) in [5.74, 6) is -1.22. The van der Waals surface area contributed by atoms with E-state index in [4.69, 9.17) is 4.74 Å². The summed E-state index contributed by atoms with van der Waals surface area (Å²) in [6.45, 7) is -0.488. The van der Waals surface area contributed by atoms with Crippen LogP contribution in [-0.2, 0) is 9.84 Å². The monoisotopic (exact) mass is 177 g/mol. The molecule has 0 unspecified atom stereocenters. The molecule has 4 heteroatoms. The van der Waals surface area contributed by atoms with E-state index in [0.29, 0.717) is 0 Å². The van der Waals surface area contributed by atoms with Crippen LogP contribution in [0.2, 0.25) is 0 Å². The molecule has 0 spiro atoms. The minimum Gasteiger partial charge on any atom is -0.337 e. The summed E-state index contributed by atoms with van der Waals surface area (Å²) >= 11 is 0. The molecule has 0 bridgehead atoms. The van der Waals surface area contributed by atoms with Gasteiger partial charge in [0.2, 0.25) is 0 Å². The zero-order chi connectivity index (χ0) is 9.31. The Balaban J connectivity index is 2.62. The van der Waals surface area contributed by atoms with Crippen molar-refractivity contribution in [3.05, 3.63) is 35.0 Å². The number of benzene rings is 1. The lowest BCUT2D eigenvalue weighted by Crippen LogP contribution is -2.29. The van der Waals surface area contributed by atoms with Crippen molar-refractivity contribution >= 4 is 0 Å². The van der Waals surface area contributed by atoms with Crippen LogP contribution < -0.4 is 10.7 Å². The Bertz CT molecular complexity index is 386. The minimum absolute atomic E-state index is 0.488. The first-order valence-corrected chi connectivity index (χ1v) is 3.98. The topological polar surface area (TPSA) is 53.8 Å². The summed E-state index contributed by atoms with van der Waals surface area (Å²) in [5.41, 5.74) is 0. The molecule has 1 aliphatic heterocycles. The molecule has 0 saturated heterocycles. The fourth-order valence-electron chi connectivity index (χ4n) is 1.27. The van der Waals surface area contributed by atoms with Gasteiger partial charge in [0.15, 0.2) is 6.61 Å². The number of methoxy groups -OCH3 is 1. The van der Waals surface area contributed by atoms with Crippen LogP contribution in [0, 0.1) is 0 Å². The Hall–Kier alpha value is -1.26. The highest BCUT2D eigenvalue weighted by Gasteiger charge is 2.30. The first-order valence-electron chi connectivity index (χ1n) is 3.98. The maximum atomic E-state index is 10.8. The predicted octanol–water partition coefficient (Wildman–Crippen LogP) is -0.330. The smallest absolute Gasteiger partial charge is 0.285 e. The van der Waals surface area contributed by atoms with E-state index in [2.05, 4.69) is 9.98 Å². The SMILES string of the molecule is COC1(C[O])N=c2ccccc2=N1. The maximum Gasteiger partial charge on any atom is 0.285 e. The Labute approximate surface area is 75.2 Å². The molecule has 1 radical (unpaired) electrons. The summed E-state index contributed by atoms with van der Waals surface area (Å²) in [4.78, 5) is 8.24. The van der Waals surface area contributed by atoms with Gasteiger partial charge in [-0.2, -0.15) is 0 Å². The van der Waals surface area contributed by atoms with Crippen LogP contribution in [0.5, 0.6) is 0 Å². The molecular weight excluding hydrogens is 168 g/mol. The Morgan fingerprint density at radius 3 is 2.23 bits per heavy atom. The van der Waals surface area contributed by atoms with Crippen LogP contribution in [0.4, 0.5) is 0 Å². The molecule has 1 aliphatic rings. The third kappa shape index (κ3) is 1.24. The first-order chi connectivity index (χ1) is 6.29. The highest BCUT2D eigenvalue weighted by Crippen LogP contribution is 2.13. The third-order valence-corrected chi connectivity index (χ3v) is 1.99. The molecule has 0 saturated carbocycles. The Morgan fingerprint density at radius 1 is 1.31 bits per heavy atom. The fourth-order valence-corrected chi connectivity index (χ4v) is 1.27. The van der Waals surface area contributed by atoms with Gasteiger partial charge in [-0.1, -0.05) is 12.1 Å². The zero-order valence-electron chi connectivity index (χ0n) is 7.23. The molecule has 0 N–H and O–H groups in total. The van der Waals surface area contributed by atoms with Gasteiger partial charge in [-0.25, -0.2) is 15.1 Å². The van der Waals surface area contributed by atoms with Gasteiger partial charge in [0.25, 0.3) is 5.85 Å². The summed E-state index contributed by atoms with van der Waals surface area (Å²) in [5, 5.41) is 12.3. The lowest BCUT2D eigenvalue weighted by atomic mass is 10.3. The molecule has 0 aromatic heterocycles. The molecule has 13 heavy (non-hydrogen) atoms. The average molecular weight is 177 g/mol. The maximum absolute atomic E-state index is 10.8.